The van der Waals surface area contributed by atoms with Crippen LogP contribution in [0, 0.1) is 0 Å². The summed E-state index contributed by atoms with van der Waals surface area (Å²) < 4.78 is 34.6. The number of hydrogen-bond acceptors (Lipinski definition) is 5. The minimum atomic E-state index is -3.24. The second kappa shape index (κ2) is 9.07. The number of sulfonamides is 1. The zero-order chi connectivity index (χ0) is 20.0. The van der Waals surface area contributed by atoms with Gasteiger partial charge < -0.3 is 14.8 Å². The van der Waals surface area contributed by atoms with Gasteiger partial charge in [0, 0.05) is 19.3 Å². The first-order valence-corrected chi connectivity index (χ1v) is 10.2. The molecule has 9 heteroatoms. The molecule has 0 radical (unpaired) electrons. The van der Waals surface area contributed by atoms with Crippen molar-refractivity contribution in [1.82, 2.24) is 4.31 Å². The molecule has 2 rings (SSSR count). The van der Waals surface area contributed by atoms with E-state index in [0.717, 1.165) is 11.8 Å². The summed E-state index contributed by atoms with van der Waals surface area (Å²) in [5.74, 6) is 0.688. The highest BCUT2D eigenvalue weighted by Crippen LogP contribution is 2.27. The van der Waals surface area contributed by atoms with Gasteiger partial charge >= 0.3 is 0 Å². The average Bonchev–Trinajstić information content (AvgIpc) is 2.60. The lowest BCUT2D eigenvalue weighted by Crippen LogP contribution is -2.24. The quantitative estimate of drug-likeness (QED) is 0.720. The van der Waals surface area contributed by atoms with Crippen LogP contribution in [0.15, 0.2) is 42.5 Å². The minimum Gasteiger partial charge on any atom is -0.495 e. The summed E-state index contributed by atoms with van der Waals surface area (Å²) in [6, 6.07) is 11.8. The lowest BCUT2D eigenvalue weighted by molar-refractivity contribution is -0.118. The molecule has 0 aromatic heterocycles. The zero-order valence-electron chi connectivity index (χ0n) is 15.2. The van der Waals surface area contributed by atoms with Gasteiger partial charge in [-0.3, -0.25) is 4.79 Å². The number of nitrogens with one attached hydrogen (secondary N) is 1. The van der Waals surface area contributed by atoms with Gasteiger partial charge in [0.1, 0.15) is 11.5 Å². The van der Waals surface area contributed by atoms with Crippen LogP contribution in [0.5, 0.6) is 11.5 Å². The predicted molar refractivity (Wildman–Crippen MR) is 105 cm³/mol. The van der Waals surface area contributed by atoms with Crippen LogP contribution in [0.4, 0.5) is 5.69 Å². The molecule has 0 saturated carbocycles. The van der Waals surface area contributed by atoms with Crippen LogP contribution in [0.2, 0.25) is 5.02 Å². The van der Waals surface area contributed by atoms with Crippen molar-refractivity contribution in [2.45, 2.75) is 6.54 Å². The van der Waals surface area contributed by atoms with Crippen LogP contribution >= 0.6 is 11.6 Å². The summed E-state index contributed by atoms with van der Waals surface area (Å²) >= 11 is 6.02. The molecule has 0 aliphatic heterocycles. The molecule has 2 aromatic carbocycles. The molecule has 1 N–H and O–H groups in total. The molecule has 1 amide bonds. The fourth-order valence-corrected chi connectivity index (χ4v) is 2.80. The Bertz CT molecular complexity index is 900. The Morgan fingerprint density at radius 2 is 1.85 bits per heavy atom. The van der Waals surface area contributed by atoms with E-state index in [2.05, 4.69) is 5.32 Å². The van der Waals surface area contributed by atoms with Gasteiger partial charge in [-0.2, -0.15) is 0 Å². The SMILES string of the molecule is COc1ccc(NC(=O)COc2ccc(CN(C)S(C)(=O)=O)cc2)cc1Cl. The lowest BCUT2D eigenvalue weighted by atomic mass is 10.2. The van der Waals surface area contributed by atoms with Crippen molar-refractivity contribution in [2.75, 3.05) is 32.3 Å². The summed E-state index contributed by atoms with van der Waals surface area (Å²) in [7, 11) is -0.217. The first-order valence-electron chi connectivity index (χ1n) is 7.95. The monoisotopic (exact) mass is 412 g/mol. The van der Waals surface area contributed by atoms with E-state index in [0.29, 0.717) is 22.2 Å². The molecular weight excluding hydrogens is 392 g/mol. The topological polar surface area (TPSA) is 84.9 Å². The molecule has 0 aliphatic rings. The predicted octanol–water partition coefficient (Wildman–Crippen LogP) is 2.76. The molecule has 7 nitrogen and oxygen atoms in total. The van der Waals surface area contributed by atoms with E-state index in [1.54, 1.807) is 42.5 Å². The van der Waals surface area contributed by atoms with Crippen molar-refractivity contribution in [3.05, 3.63) is 53.1 Å². The summed E-state index contributed by atoms with van der Waals surface area (Å²) in [5, 5.41) is 3.08. The highest BCUT2D eigenvalue weighted by Gasteiger charge is 2.11. The summed E-state index contributed by atoms with van der Waals surface area (Å²) in [6.45, 7) is 0.0874. The summed E-state index contributed by atoms with van der Waals surface area (Å²) in [6.07, 6.45) is 1.15. The van der Waals surface area contributed by atoms with Crippen molar-refractivity contribution in [3.63, 3.8) is 0 Å². The number of rotatable bonds is 8. The van der Waals surface area contributed by atoms with E-state index in [1.807, 2.05) is 0 Å². The Morgan fingerprint density at radius 3 is 2.41 bits per heavy atom. The zero-order valence-corrected chi connectivity index (χ0v) is 16.8. The Hall–Kier alpha value is -2.29. The van der Waals surface area contributed by atoms with E-state index in [9.17, 15) is 13.2 Å². The van der Waals surface area contributed by atoms with Crippen molar-refractivity contribution in [2.24, 2.45) is 0 Å². The number of methoxy groups -OCH3 is 1. The largest absolute Gasteiger partial charge is 0.495 e. The third-order valence-electron chi connectivity index (χ3n) is 3.70. The molecule has 0 unspecified atom stereocenters. The molecular formula is C18H21ClN2O5S. The summed E-state index contributed by atoms with van der Waals surface area (Å²) in [4.78, 5) is 12.0. The van der Waals surface area contributed by atoms with Gasteiger partial charge in [0.2, 0.25) is 10.0 Å². The molecule has 146 valence electrons. The fourth-order valence-electron chi connectivity index (χ4n) is 2.16. The van der Waals surface area contributed by atoms with Gasteiger partial charge in [-0.15, -0.1) is 0 Å². The standard InChI is InChI=1S/C18H21ClN2O5S/c1-21(27(3,23)24)11-13-4-7-15(8-5-13)26-12-18(22)20-14-6-9-17(25-2)16(19)10-14/h4-10H,11-12H2,1-3H3,(H,20,22). The molecule has 0 saturated heterocycles. The second-order valence-corrected chi connectivity index (χ2v) is 8.35. The molecule has 0 aliphatic carbocycles. The number of hydrogen-bond donors (Lipinski definition) is 1. The Balaban J connectivity index is 1.87. The van der Waals surface area contributed by atoms with Crippen molar-refractivity contribution < 1.29 is 22.7 Å². The van der Waals surface area contributed by atoms with E-state index < -0.39 is 10.0 Å². The Labute approximate surface area is 163 Å². The highest BCUT2D eigenvalue weighted by atomic mass is 35.5. The van der Waals surface area contributed by atoms with Crippen molar-refractivity contribution in [1.29, 1.82) is 0 Å². The molecule has 0 atom stereocenters. The lowest BCUT2D eigenvalue weighted by Gasteiger charge is -2.14. The summed E-state index contributed by atoms with van der Waals surface area (Å²) in [5.41, 5.74) is 1.35. The smallest absolute Gasteiger partial charge is 0.262 e. The first kappa shape index (κ1) is 21.0. The maximum Gasteiger partial charge on any atom is 0.262 e. The third-order valence-corrected chi connectivity index (χ3v) is 5.26. The van der Waals surface area contributed by atoms with Crippen molar-refractivity contribution in [3.8, 4) is 11.5 Å². The number of anilines is 1. The average molecular weight is 413 g/mol. The number of ether oxygens (including phenoxy) is 2. The van der Waals surface area contributed by atoms with Crippen LogP contribution in [-0.4, -0.2) is 45.7 Å². The normalized spacial score (nSPS) is 11.3. The minimum absolute atomic E-state index is 0.174. The van der Waals surface area contributed by atoms with Crippen LogP contribution in [0.1, 0.15) is 5.56 Å². The van der Waals surface area contributed by atoms with Crippen molar-refractivity contribution >= 4 is 33.2 Å². The molecule has 0 fully saturated rings. The Kier molecular flexibility index (Phi) is 7.06. The molecule has 27 heavy (non-hydrogen) atoms. The van der Waals surface area contributed by atoms with Gasteiger partial charge in [0.05, 0.1) is 18.4 Å². The van der Waals surface area contributed by atoms with Gasteiger partial charge in [-0.25, -0.2) is 12.7 Å². The van der Waals surface area contributed by atoms with E-state index in [-0.39, 0.29) is 19.1 Å². The van der Waals surface area contributed by atoms with E-state index in [1.165, 1.54) is 18.5 Å². The molecule has 2 aromatic rings. The second-order valence-electron chi connectivity index (χ2n) is 5.85. The van der Waals surface area contributed by atoms with E-state index >= 15 is 0 Å². The maximum atomic E-state index is 12.0. The molecule has 0 spiro atoms. The number of nitrogens with zero attached hydrogens (tertiary/aromatic N) is 1. The first-order chi connectivity index (χ1) is 12.7. The van der Waals surface area contributed by atoms with Crippen LogP contribution in [0.25, 0.3) is 0 Å². The Morgan fingerprint density at radius 1 is 1.19 bits per heavy atom. The van der Waals surface area contributed by atoms with Crippen LogP contribution in [-0.2, 0) is 21.4 Å². The van der Waals surface area contributed by atoms with Crippen LogP contribution < -0.4 is 14.8 Å². The molecule has 0 bridgehead atoms. The fraction of sp³-hybridized carbons (Fsp3) is 0.278. The van der Waals surface area contributed by atoms with Gasteiger partial charge in [-0.05, 0) is 35.9 Å². The van der Waals surface area contributed by atoms with Crippen LogP contribution in [0.3, 0.4) is 0 Å². The number of carbonyl (C=O) groups is 1. The highest BCUT2D eigenvalue weighted by molar-refractivity contribution is 7.88. The maximum absolute atomic E-state index is 12.0. The number of benzene rings is 2. The van der Waals surface area contributed by atoms with E-state index in [4.69, 9.17) is 21.1 Å². The number of carbonyl (C=O) groups excluding carboxylic acids is 1. The van der Waals surface area contributed by atoms with Gasteiger partial charge in [-0.1, -0.05) is 23.7 Å². The number of halogens is 1. The van der Waals surface area contributed by atoms with Gasteiger partial charge in [0.25, 0.3) is 5.91 Å². The number of amides is 1. The third kappa shape index (κ3) is 6.42. The molecule has 0 heterocycles. The van der Waals surface area contributed by atoms with Gasteiger partial charge in [0.15, 0.2) is 6.61 Å².